The zero-order valence-corrected chi connectivity index (χ0v) is 12.9. The highest BCUT2D eigenvalue weighted by molar-refractivity contribution is 7.89. The second kappa shape index (κ2) is 5.39. The lowest BCUT2D eigenvalue weighted by molar-refractivity contribution is 0.0889. The van der Waals surface area contributed by atoms with E-state index in [1.165, 1.54) is 17.4 Å². The van der Waals surface area contributed by atoms with E-state index in [0.29, 0.717) is 11.1 Å². The predicted molar refractivity (Wildman–Crippen MR) is 81.9 cm³/mol. The van der Waals surface area contributed by atoms with Gasteiger partial charge in [0.1, 0.15) is 5.75 Å². The van der Waals surface area contributed by atoms with Crippen LogP contribution in [0.15, 0.2) is 53.4 Å². The van der Waals surface area contributed by atoms with Crippen LogP contribution < -0.4 is 0 Å². The first-order chi connectivity index (χ1) is 10.4. The van der Waals surface area contributed by atoms with E-state index in [2.05, 4.69) is 0 Å². The van der Waals surface area contributed by atoms with Gasteiger partial charge in [-0.3, -0.25) is 0 Å². The topological polar surface area (TPSA) is 77.8 Å². The molecule has 0 bridgehead atoms. The van der Waals surface area contributed by atoms with Gasteiger partial charge in [0.2, 0.25) is 10.0 Å². The van der Waals surface area contributed by atoms with Gasteiger partial charge in [-0.2, -0.15) is 4.31 Å². The fourth-order valence-corrected chi connectivity index (χ4v) is 4.44. The average molecular weight is 319 g/mol. The van der Waals surface area contributed by atoms with Crippen LogP contribution in [-0.4, -0.2) is 36.0 Å². The fourth-order valence-electron chi connectivity index (χ4n) is 2.85. The Balaban J connectivity index is 2.05. The fraction of sp³-hybridized carbons (Fsp3) is 0.250. The number of sulfonamides is 1. The molecule has 116 valence electrons. The van der Waals surface area contributed by atoms with E-state index < -0.39 is 22.2 Å². The van der Waals surface area contributed by atoms with Crippen molar-refractivity contribution in [2.45, 2.75) is 23.5 Å². The van der Waals surface area contributed by atoms with E-state index in [4.69, 9.17) is 0 Å². The molecule has 22 heavy (non-hydrogen) atoms. The maximum absolute atomic E-state index is 12.6. The number of para-hydroxylation sites is 1. The van der Waals surface area contributed by atoms with Crippen LogP contribution >= 0.6 is 0 Å². The van der Waals surface area contributed by atoms with Gasteiger partial charge in [-0.1, -0.05) is 36.4 Å². The molecule has 0 saturated heterocycles. The number of fused-ring (bicyclic) bond motifs is 1. The average Bonchev–Trinajstić information content (AvgIpc) is 2.52. The normalized spacial score (nSPS) is 23.9. The molecule has 2 atom stereocenters. The molecule has 0 spiro atoms. The maximum atomic E-state index is 12.6. The minimum Gasteiger partial charge on any atom is -0.508 e. The largest absolute Gasteiger partial charge is 0.508 e. The molecule has 0 aliphatic carbocycles. The lowest BCUT2D eigenvalue weighted by Crippen LogP contribution is -2.46. The molecule has 1 aliphatic heterocycles. The molecule has 0 unspecified atom stereocenters. The van der Waals surface area contributed by atoms with Crippen LogP contribution in [0.5, 0.6) is 5.75 Å². The standard InChI is InChI=1S/C16H17NO4S/c1-17-13(10-11-6-2-4-8-14(11)18)16(19)12-7-3-5-9-15(12)22(17,20)21/h2-9,13,16,18-19H,10H2,1H3/t13-,16+/m1/s1. The van der Waals surface area contributed by atoms with Crippen LogP contribution in [0.25, 0.3) is 0 Å². The third kappa shape index (κ3) is 2.29. The summed E-state index contributed by atoms with van der Waals surface area (Å²) in [5.74, 6) is 0.0966. The molecule has 2 N–H and O–H groups in total. The summed E-state index contributed by atoms with van der Waals surface area (Å²) in [4.78, 5) is 0.138. The second-order valence-corrected chi connectivity index (χ2v) is 7.37. The smallest absolute Gasteiger partial charge is 0.243 e. The lowest BCUT2D eigenvalue weighted by atomic mass is 9.95. The molecule has 1 heterocycles. The van der Waals surface area contributed by atoms with Crippen LogP contribution in [0.4, 0.5) is 0 Å². The van der Waals surface area contributed by atoms with Crippen molar-refractivity contribution in [1.82, 2.24) is 4.31 Å². The van der Waals surface area contributed by atoms with Gasteiger partial charge in [0.15, 0.2) is 0 Å². The first kappa shape index (κ1) is 15.0. The zero-order valence-electron chi connectivity index (χ0n) is 12.0. The summed E-state index contributed by atoms with van der Waals surface area (Å²) in [6.45, 7) is 0. The monoisotopic (exact) mass is 319 g/mol. The van der Waals surface area contributed by atoms with Crippen molar-refractivity contribution in [3.05, 3.63) is 59.7 Å². The number of rotatable bonds is 2. The highest BCUT2D eigenvalue weighted by atomic mass is 32.2. The van der Waals surface area contributed by atoms with Crippen molar-refractivity contribution in [2.24, 2.45) is 0 Å². The van der Waals surface area contributed by atoms with Crippen molar-refractivity contribution >= 4 is 10.0 Å². The van der Waals surface area contributed by atoms with Gasteiger partial charge < -0.3 is 10.2 Å². The minimum atomic E-state index is -3.64. The number of likely N-dealkylation sites (N-methyl/N-ethyl adjacent to an activating group) is 1. The Bertz CT molecular complexity index is 803. The van der Waals surface area contributed by atoms with E-state index in [1.807, 2.05) is 0 Å². The number of aliphatic hydroxyl groups is 1. The Hall–Kier alpha value is -1.89. The Kier molecular flexibility index (Phi) is 3.68. The van der Waals surface area contributed by atoms with Crippen LogP contribution in [0.2, 0.25) is 0 Å². The zero-order chi connectivity index (χ0) is 15.9. The molecular weight excluding hydrogens is 302 g/mol. The lowest BCUT2D eigenvalue weighted by Gasteiger charge is -2.37. The summed E-state index contributed by atoms with van der Waals surface area (Å²) >= 11 is 0. The van der Waals surface area contributed by atoms with Crippen LogP contribution in [0.1, 0.15) is 17.2 Å². The summed E-state index contributed by atoms with van der Waals surface area (Å²) in [6, 6.07) is 12.6. The minimum absolute atomic E-state index is 0.0966. The Morgan fingerprint density at radius 3 is 2.45 bits per heavy atom. The van der Waals surface area contributed by atoms with Gasteiger partial charge in [-0.25, -0.2) is 8.42 Å². The third-order valence-electron chi connectivity index (χ3n) is 4.15. The van der Waals surface area contributed by atoms with Gasteiger partial charge in [0.25, 0.3) is 0 Å². The number of hydrogen-bond donors (Lipinski definition) is 2. The number of hydrogen-bond acceptors (Lipinski definition) is 4. The number of phenols is 1. The van der Waals surface area contributed by atoms with E-state index in [0.717, 1.165) is 0 Å². The quantitative estimate of drug-likeness (QED) is 0.883. The van der Waals surface area contributed by atoms with E-state index in [1.54, 1.807) is 42.5 Å². The molecule has 3 rings (SSSR count). The first-order valence-corrected chi connectivity index (χ1v) is 8.39. The highest BCUT2D eigenvalue weighted by Crippen LogP contribution is 2.37. The Labute approximate surface area is 129 Å². The van der Waals surface area contributed by atoms with E-state index in [9.17, 15) is 18.6 Å². The summed E-state index contributed by atoms with van der Waals surface area (Å²) in [5.41, 5.74) is 1.01. The molecule has 5 nitrogen and oxygen atoms in total. The van der Waals surface area contributed by atoms with E-state index >= 15 is 0 Å². The van der Waals surface area contributed by atoms with Crippen molar-refractivity contribution in [1.29, 1.82) is 0 Å². The molecular formula is C16H17NO4S. The molecule has 0 amide bonds. The maximum Gasteiger partial charge on any atom is 0.243 e. The number of phenolic OH excluding ortho intramolecular Hbond substituents is 1. The molecule has 0 aromatic heterocycles. The van der Waals surface area contributed by atoms with Gasteiger partial charge in [-0.05, 0) is 24.1 Å². The third-order valence-corrected chi connectivity index (χ3v) is 6.10. The van der Waals surface area contributed by atoms with E-state index in [-0.39, 0.29) is 17.1 Å². The number of nitrogens with zero attached hydrogens (tertiary/aromatic N) is 1. The van der Waals surface area contributed by atoms with Gasteiger partial charge in [-0.15, -0.1) is 0 Å². The van der Waals surface area contributed by atoms with Gasteiger partial charge >= 0.3 is 0 Å². The van der Waals surface area contributed by atoms with Gasteiger partial charge in [0, 0.05) is 12.6 Å². The summed E-state index contributed by atoms with van der Waals surface area (Å²) in [7, 11) is -2.19. The SMILES string of the molecule is CN1[C@H](Cc2ccccc2O)[C@@H](O)c2ccccc2S1(=O)=O. The number of benzene rings is 2. The first-order valence-electron chi connectivity index (χ1n) is 6.95. The van der Waals surface area contributed by atoms with Gasteiger partial charge in [0.05, 0.1) is 17.0 Å². The second-order valence-electron chi connectivity index (χ2n) is 5.40. The van der Waals surface area contributed by atoms with Crippen molar-refractivity contribution in [3.63, 3.8) is 0 Å². The molecule has 0 saturated carbocycles. The van der Waals surface area contributed by atoms with Crippen LogP contribution in [0, 0.1) is 0 Å². The highest BCUT2D eigenvalue weighted by Gasteiger charge is 2.41. The van der Waals surface area contributed by atoms with Crippen LogP contribution in [0.3, 0.4) is 0 Å². The molecule has 0 fully saturated rings. The molecule has 2 aromatic rings. The predicted octanol–water partition coefficient (Wildman–Crippen LogP) is 1.67. The van der Waals surface area contributed by atoms with Crippen molar-refractivity contribution < 1.29 is 18.6 Å². The number of aromatic hydroxyl groups is 1. The summed E-state index contributed by atoms with van der Waals surface area (Å²) in [6.07, 6.45) is -0.706. The number of aliphatic hydroxyl groups excluding tert-OH is 1. The Morgan fingerprint density at radius 2 is 1.73 bits per heavy atom. The van der Waals surface area contributed by atoms with Crippen LogP contribution in [-0.2, 0) is 16.4 Å². The Morgan fingerprint density at radius 1 is 1.09 bits per heavy atom. The van der Waals surface area contributed by atoms with Crippen molar-refractivity contribution in [2.75, 3.05) is 7.05 Å². The summed E-state index contributed by atoms with van der Waals surface area (Å²) in [5, 5.41) is 20.5. The molecule has 0 radical (unpaired) electrons. The summed E-state index contributed by atoms with van der Waals surface area (Å²) < 4.78 is 26.4. The molecule has 2 aromatic carbocycles. The van der Waals surface area contributed by atoms with Crippen molar-refractivity contribution in [3.8, 4) is 5.75 Å². The molecule has 6 heteroatoms. The molecule has 1 aliphatic rings.